The summed E-state index contributed by atoms with van der Waals surface area (Å²) in [5.74, 6) is 2.42. The second kappa shape index (κ2) is 38.0. The molecule has 4 rings (SSSR count). The van der Waals surface area contributed by atoms with Crippen LogP contribution >= 0.6 is 0 Å². The van der Waals surface area contributed by atoms with Gasteiger partial charge in [-0.1, -0.05) is 157 Å². The van der Waals surface area contributed by atoms with Crippen LogP contribution in [0.4, 0.5) is 0 Å². The molecule has 4 aromatic carbocycles. The molecule has 0 saturated heterocycles. The third-order valence-electron chi connectivity index (χ3n) is 8.03. The molecule has 0 nitrogen and oxygen atoms in total. The Hall–Kier alpha value is -0.911. The van der Waals surface area contributed by atoms with Crippen molar-refractivity contribution in [3.63, 3.8) is 0 Å². The first-order valence-electron chi connectivity index (χ1n) is 20.4. The third-order valence-corrected chi connectivity index (χ3v) is 8.03. The van der Waals surface area contributed by atoms with Gasteiger partial charge < -0.3 is 34.1 Å². The summed E-state index contributed by atoms with van der Waals surface area (Å²) in [5.41, 5.74) is 8.66. The van der Waals surface area contributed by atoms with Gasteiger partial charge in [0.25, 0.3) is 0 Å². The fourth-order valence-corrected chi connectivity index (χ4v) is 4.67. The van der Waals surface area contributed by atoms with Crippen molar-refractivity contribution >= 4 is 21.5 Å². The maximum Gasteiger partial charge on any atom is 4.00 e. The van der Waals surface area contributed by atoms with Crippen LogP contribution in [-0.2, 0) is 43.4 Å². The van der Waals surface area contributed by atoms with E-state index in [9.17, 15) is 0 Å². The molecule has 0 heterocycles. The third kappa shape index (κ3) is 27.4. The van der Waals surface area contributed by atoms with Crippen LogP contribution in [0.1, 0.15) is 205 Å². The summed E-state index contributed by atoms with van der Waals surface area (Å²) in [4.78, 5) is 0. The van der Waals surface area contributed by atoms with Crippen LogP contribution in [0, 0.1) is 48.0 Å². The van der Waals surface area contributed by atoms with Gasteiger partial charge in [0, 0.05) is 0 Å². The molecule has 0 aliphatic carbocycles. The van der Waals surface area contributed by atoms with Gasteiger partial charge in [-0.25, -0.2) is 0 Å². The Balaban J connectivity index is -0.000000193. The minimum Gasteiger partial charge on any atom is -0.343 e. The van der Waals surface area contributed by atoms with Crippen molar-refractivity contribution in [1.29, 1.82) is 0 Å². The number of benzene rings is 2. The molecule has 4 aromatic rings. The van der Waals surface area contributed by atoms with Crippen LogP contribution in [0.5, 0.6) is 0 Å². The van der Waals surface area contributed by atoms with Gasteiger partial charge in [-0.15, -0.1) is 56.9 Å². The molecular formula is C51H85Ti2. The number of aryl methyl sites for hydroxylation is 2. The fraction of sp³-hybridized carbons (Fsp3) is 0.549. The summed E-state index contributed by atoms with van der Waals surface area (Å²) >= 11 is 0. The Bertz CT molecular complexity index is 1230. The topological polar surface area (TPSA) is 0 Å². The molecule has 0 amide bonds. The Morgan fingerprint density at radius 3 is 0.887 bits per heavy atom. The monoisotopic (exact) mass is 794 g/mol. The standard InChI is InChI=1S/2C16H21.4C4H9.C3H7.2Ti/c2*1-10(2)13-8-14-6-12(5)7-16(14)15(9-13)11(3)4;4*1-3-4-2;1-3-2;;/h2*6-11H,1-5H3;4*1,3-4H2,2H3;3H,1-2H3;;/q7*-1;+3;+4. The Morgan fingerprint density at radius 1 is 0.491 bits per heavy atom. The van der Waals surface area contributed by atoms with E-state index in [1.165, 1.54) is 80.6 Å². The second-order valence-corrected chi connectivity index (χ2v) is 14.9. The van der Waals surface area contributed by atoms with E-state index in [0.29, 0.717) is 23.7 Å². The number of unbranched alkanes of at least 4 members (excludes halogenated alkanes) is 4. The molecule has 1 radical (unpaired) electrons. The Morgan fingerprint density at radius 2 is 0.717 bits per heavy atom. The summed E-state index contributed by atoms with van der Waals surface area (Å²) in [6.07, 6.45) is 11.1. The van der Waals surface area contributed by atoms with Crippen LogP contribution in [0.2, 0.25) is 0 Å². The minimum absolute atomic E-state index is 0. The van der Waals surface area contributed by atoms with E-state index < -0.39 is 0 Å². The largest absolute Gasteiger partial charge is 4.00 e. The van der Waals surface area contributed by atoms with E-state index >= 15 is 0 Å². The van der Waals surface area contributed by atoms with Crippen molar-refractivity contribution in [1.82, 2.24) is 0 Å². The van der Waals surface area contributed by atoms with E-state index in [-0.39, 0.29) is 43.4 Å². The Labute approximate surface area is 364 Å². The van der Waals surface area contributed by atoms with Crippen molar-refractivity contribution < 1.29 is 43.4 Å². The summed E-state index contributed by atoms with van der Waals surface area (Å²) in [6, 6.07) is 18.7. The van der Waals surface area contributed by atoms with Gasteiger partial charge in [0.15, 0.2) is 0 Å². The molecule has 0 N–H and O–H groups in total. The number of hydrogen-bond acceptors (Lipinski definition) is 0. The summed E-state index contributed by atoms with van der Waals surface area (Å²) in [7, 11) is 0. The van der Waals surface area contributed by atoms with Crippen molar-refractivity contribution in [3.05, 3.63) is 116 Å². The van der Waals surface area contributed by atoms with Crippen LogP contribution in [0.3, 0.4) is 0 Å². The first kappa shape index (κ1) is 61.3. The van der Waals surface area contributed by atoms with Crippen LogP contribution in [0.25, 0.3) is 21.5 Å². The molecule has 0 aliphatic rings. The molecule has 0 spiro atoms. The van der Waals surface area contributed by atoms with Crippen LogP contribution < -0.4 is 0 Å². The molecule has 0 bridgehead atoms. The molecule has 297 valence electrons. The van der Waals surface area contributed by atoms with Crippen molar-refractivity contribution in [2.24, 2.45) is 0 Å². The van der Waals surface area contributed by atoms with Crippen LogP contribution in [-0.4, -0.2) is 0 Å². The fourth-order valence-electron chi connectivity index (χ4n) is 4.67. The predicted molar refractivity (Wildman–Crippen MR) is 242 cm³/mol. The van der Waals surface area contributed by atoms with E-state index in [1.807, 2.05) is 20.3 Å². The Kier molecular flexibility index (Phi) is 43.9. The second-order valence-electron chi connectivity index (χ2n) is 14.9. The van der Waals surface area contributed by atoms with Gasteiger partial charge >= 0.3 is 43.4 Å². The molecule has 0 unspecified atom stereocenters. The van der Waals surface area contributed by atoms with Gasteiger partial charge in [0.1, 0.15) is 0 Å². The van der Waals surface area contributed by atoms with E-state index in [2.05, 4.69) is 173 Å². The quantitative estimate of drug-likeness (QED) is 0.123. The van der Waals surface area contributed by atoms with E-state index in [1.54, 1.807) is 0 Å². The molecule has 0 aliphatic heterocycles. The maximum absolute atomic E-state index is 3.60. The van der Waals surface area contributed by atoms with Crippen molar-refractivity contribution in [2.45, 2.75) is 186 Å². The van der Waals surface area contributed by atoms with Crippen LogP contribution in [0.15, 0.2) is 48.5 Å². The molecule has 53 heavy (non-hydrogen) atoms. The van der Waals surface area contributed by atoms with Crippen molar-refractivity contribution in [3.8, 4) is 0 Å². The SMILES string of the molecule is C[CH-]C.Cc1cc2c(C(C)C)cc(C(C)C)cc2[cH-]1.Cc1cc2c(C(C)C)cc(C(C)C)cc2[cH-]1.[CH2-]CCC.[CH2-]CCC.[CH2-]CCC.[CH2-]CCC.[Ti+3].[Ti+4]. The number of fused-ring (bicyclic) bond motifs is 2. The van der Waals surface area contributed by atoms with Gasteiger partial charge in [0.2, 0.25) is 0 Å². The predicted octanol–water partition coefficient (Wildman–Crippen LogP) is 17.9. The smallest absolute Gasteiger partial charge is 0.343 e. The zero-order chi connectivity index (χ0) is 40.1. The molecule has 0 aromatic heterocycles. The van der Waals surface area contributed by atoms with Gasteiger partial charge in [0.05, 0.1) is 0 Å². The zero-order valence-corrected chi connectivity index (χ0v) is 41.1. The molecule has 0 fully saturated rings. The first-order chi connectivity index (χ1) is 24.0. The normalized spacial score (nSPS) is 9.81. The average Bonchev–Trinajstić information content (AvgIpc) is 3.68. The zero-order valence-electron chi connectivity index (χ0n) is 38.0. The molecule has 0 atom stereocenters. The molecular weight excluding hydrogens is 708 g/mol. The first-order valence-corrected chi connectivity index (χ1v) is 20.4. The summed E-state index contributed by atoms with van der Waals surface area (Å²) in [6.45, 7) is 49.4. The minimum atomic E-state index is 0. The van der Waals surface area contributed by atoms with Gasteiger partial charge in [-0.3, -0.25) is 0 Å². The number of hydrogen-bond donors (Lipinski definition) is 0. The van der Waals surface area contributed by atoms with Crippen molar-refractivity contribution in [2.75, 3.05) is 0 Å². The maximum atomic E-state index is 3.60. The summed E-state index contributed by atoms with van der Waals surface area (Å²) in [5, 5.41) is 5.70. The molecule has 2 heteroatoms. The van der Waals surface area contributed by atoms with Gasteiger partial charge in [-0.2, -0.15) is 51.7 Å². The van der Waals surface area contributed by atoms with E-state index in [4.69, 9.17) is 0 Å². The van der Waals surface area contributed by atoms with Gasteiger partial charge in [-0.05, 0) is 23.7 Å². The number of rotatable bonds is 8. The molecule has 0 saturated carbocycles. The summed E-state index contributed by atoms with van der Waals surface area (Å²) < 4.78 is 0. The van der Waals surface area contributed by atoms with E-state index in [0.717, 1.165) is 25.7 Å². The average molecular weight is 794 g/mol.